The summed E-state index contributed by atoms with van der Waals surface area (Å²) in [5, 5.41) is 18.4. The van der Waals surface area contributed by atoms with Crippen LogP contribution in [-0.4, -0.2) is 50.1 Å². The highest BCUT2D eigenvalue weighted by Crippen LogP contribution is 2.32. The van der Waals surface area contributed by atoms with Gasteiger partial charge in [-0.1, -0.05) is 36.4 Å². The van der Waals surface area contributed by atoms with Crippen LogP contribution in [0.2, 0.25) is 0 Å². The summed E-state index contributed by atoms with van der Waals surface area (Å²) >= 11 is 3.54. The third-order valence-corrected chi connectivity index (χ3v) is 8.36. The third kappa shape index (κ3) is 4.82. The van der Waals surface area contributed by atoms with Crippen molar-refractivity contribution in [1.29, 1.82) is 0 Å². The van der Waals surface area contributed by atoms with Gasteiger partial charge in [-0.05, 0) is 77.2 Å². The molecule has 190 valence electrons. The van der Waals surface area contributed by atoms with Crippen molar-refractivity contribution >= 4 is 33.3 Å². The van der Waals surface area contributed by atoms with Gasteiger partial charge in [-0.2, -0.15) is 9.61 Å². The molecule has 1 unspecified atom stereocenters. The minimum Gasteiger partial charge on any atom is -0.507 e. The predicted molar refractivity (Wildman–Crippen MR) is 148 cm³/mol. The van der Waals surface area contributed by atoms with Crippen LogP contribution in [0.15, 0.2) is 65.3 Å². The van der Waals surface area contributed by atoms with Crippen molar-refractivity contribution in [3.63, 3.8) is 0 Å². The van der Waals surface area contributed by atoms with Gasteiger partial charge < -0.3 is 15.3 Å². The number of benzene rings is 2. The van der Waals surface area contributed by atoms with Crippen molar-refractivity contribution in [2.75, 3.05) is 25.0 Å². The van der Waals surface area contributed by atoms with Crippen molar-refractivity contribution in [2.45, 2.75) is 32.1 Å². The first-order valence-corrected chi connectivity index (χ1v) is 13.8. The molecule has 1 amide bonds. The molecule has 1 aliphatic heterocycles. The van der Waals surface area contributed by atoms with Crippen LogP contribution in [-0.2, 0) is 17.6 Å². The monoisotopic (exact) mass is 559 g/mol. The van der Waals surface area contributed by atoms with E-state index < -0.39 is 0 Å². The number of carbonyl (C=O) groups excluding carboxylic acids is 1. The van der Waals surface area contributed by atoms with Crippen molar-refractivity contribution in [3.8, 4) is 17.0 Å². The number of fused-ring (bicyclic) bond motifs is 2. The normalized spacial score (nSPS) is 18.1. The van der Waals surface area contributed by atoms with E-state index in [1.54, 1.807) is 22.8 Å². The van der Waals surface area contributed by atoms with E-state index in [2.05, 4.69) is 55.5 Å². The van der Waals surface area contributed by atoms with Gasteiger partial charge in [-0.15, -0.1) is 0 Å². The number of aromatic hydroxyl groups is 1. The minimum absolute atomic E-state index is 0.112. The maximum absolute atomic E-state index is 13.3. The Morgan fingerprint density at radius 2 is 1.81 bits per heavy atom. The number of amides is 1. The van der Waals surface area contributed by atoms with E-state index in [0.717, 1.165) is 62.0 Å². The predicted octanol–water partition coefficient (Wildman–Crippen LogP) is 5.32. The highest BCUT2D eigenvalue weighted by molar-refractivity contribution is 9.10. The van der Waals surface area contributed by atoms with E-state index >= 15 is 0 Å². The second-order valence-corrected chi connectivity index (χ2v) is 11.0. The number of nitrogens with one attached hydrogen (secondary N) is 1. The number of halogens is 1. The number of aromatic nitrogens is 3. The molecule has 4 aromatic rings. The fourth-order valence-corrected chi connectivity index (χ4v) is 6.01. The van der Waals surface area contributed by atoms with Crippen molar-refractivity contribution in [1.82, 2.24) is 19.5 Å². The Morgan fingerprint density at radius 1 is 1.05 bits per heavy atom. The number of likely N-dealkylation sites (tertiary alicyclic amines) is 1. The Kier molecular flexibility index (Phi) is 6.59. The summed E-state index contributed by atoms with van der Waals surface area (Å²) in [6, 6.07) is 17.7. The van der Waals surface area contributed by atoms with Gasteiger partial charge in [-0.3, -0.25) is 4.79 Å². The van der Waals surface area contributed by atoms with Crippen molar-refractivity contribution < 1.29 is 9.90 Å². The summed E-state index contributed by atoms with van der Waals surface area (Å²) in [5.41, 5.74) is 4.79. The number of phenols is 1. The molecule has 0 bridgehead atoms. The highest BCUT2D eigenvalue weighted by Gasteiger charge is 2.30. The lowest BCUT2D eigenvalue weighted by molar-refractivity contribution is -0.137. The third-order valence-electron chi connectivity index (χ3n) is 7.80. The van der Waals surface area contributed by atoms with Crippen molar-refractivity contribution in [3.05, 3.63) is 76.4 Å². The largest absolute Gasteiger partial charge is 0.507 e. The zero-order valence-electron chi connectivity index (χ0n) is 20.6. The number of rotatable bonds is 5. The molecule has 2 aliphatic rings. The van der Waals surface area contributed by atoms with Crippen LogP contribution >= 0.6 is 15.9 Å². The lowest BCUT2D eigenvalue weighted by atomic mass is 9.82. The molecule has 8 heteroatoms. The average molecular weight is 560 g/mol. The van der Waals surface area contributed by atoms with E-state index in [1.807, 2.05) is 18.2 Å². The molecule has 6 rings (SSSR count). The Balaban J connectivity index is 1.10. The average Bonchev–Trinajstić information content (AvgIpc) is 3.32. The number of piperidine rings is 1. The summed E-state index contributed by atoms with van der Waals surface area (Å²) in [7, 11) is 0. The summed E-state index contributed by atoms with van der Waals surface area (Å²) in [6.07, 6.45) is 6.51. The summed E-state index contributed by atoms with van der Waals surface area (Å²) in [6.45, 7) is 2.41. The van der Waals surface area contributed by atoms with E-state index in [4.69, 9.17) is 4.98 Å². The van der Waals surface area contributed by atoms with E-state index in [1.165, 1.54) is 11.1 Å². The summed E-state index contributed by atoms with van der Waals surface area (Å²) in [5.74, 6) is 1.92. The van der Waals surface area contributed by atoms with Crippen LogP contribution in [0, 0.1) is 11.8 Å². The minimum atomic E-state index is 0.112. The van der Waals surface area contributed by atoms with Crippen LogP contribution in [0.3, 0.4) is 0 Å². The number of nitrogens with zero attached hydrogens (tertiary/aromatic N) is 4. The molecule has 2 N–H and O–H groups in total. The number of phenolic OH excluding ortho intramolecular Hbond substituents is 1. The molecule has 1 fully saturated rings. The lowest BCUT2D eigenvalue weighted by Crippen LogP contribution is -2.44. The van der Waals surface area contributed by atoms with Gasteiger partial charge in [0.15, 0.2) is 5.65 Å². The van der Waals surface area contributed by atoms with E-state index in [-0.39, 0.29) is 11.7 Å². The molecular weight excluding hydrogens is 530 g/mol. The number of aryl methyl sites for hydroxylation is 1. The molecule has 1 saturated heterocycles. The van der Waals surface area contributed by atoms with E-state index in [9.17, 15) is 9.90 Å². The topological polar surface area (TPSA) is 82.8 Å². The molecule has 2 aromatic carbocycles. The van der Waals surface area contributed by atoms with Crippen LogP contribution in [0.25, 0.3) is 16.9 Å². The van der Waals surface area contributed by atoms with Gasteiger partial charge >= 0.3 is 0 Å². The first-order chi connectivity index (χ1) is 18.1. The molecular formula is C29H30BrN5O2. The number of para-hydroxylation sites is 1. The van der Waals surface area contributed by atoms with Crippen LogP contribution < -0.4 is 5.32 Å². The molecule has 7 nitrogen and oxygen atoms in total. The van der Waals surface area contributed by atoms with Crippen LogP contribution in [0.1, 0.15) is 30.4 Å². The SMILES string of the molecule is O=C(C1CCc2ccccc2C1)N1CCC(CNc2cc(-c3ccccc3O)nc3c(Br)cnn23)CC1. The molecule has 1 atom stereocenters. The van der Waals surface area contributed by atoms with Gasteiger partial charge in [0, 0.05) is 37.2 Å². The Morgan fingerprint density at radius 3 is 2.62 bits per heavy atom. The quantitative estimate of drug-likeness (QED) is 0.345. The van der Waals surface area contributed by atoms with Crippen LogP contribution in [0.5, 0.6) is 5.75 Å². The second-order valence-electron chi connectivity index (χ2n) is 10.1. The lowest BCUT2D eigenvalue weighted by Gasteiger charge is -2.35. The van der Waals surface area contributed by atoms with Crippen LogP contribution in [0.4, 0.5) is 5.82 Å². The zero-order valence-corrected chi connectivity index (χ0v) is 22.2. The fraction of sp³-hybridized carbons (Fsp3) is 0.345. The standard InChI is InChI=1S/C29H30BrN5O2/c30-24-18-32-35-27(16-25(33-28(24)35)23-7-3-4-8-26(23)36)31-17-19-11-13-34(14-12-19)29(37)22-10-9-20-5-1-2-6-21(20)15-22/h1-8,16,18-19,22,31,36H,9-15,17H2. The number of hydrogen-bond donors (Lipinski definition) is 2. The van der Waals surface area contributed by atoms with Gasteiger partial charge in [0.1, 0.15) is 11.6 Å². The molecule has 0 radical (unpaired) electrons. The van der Waals surface area contributed by atoms with Crippen molar-refractivity contribution in [2.24, 2.45) is 11.8 Å². The van der Waals surface area contributed by atoms with Gasteiger partial charge in [0.2, 0.25) is 5.91 Å². The van der Waals surface area contributed by atoms with Gasteiger partial charge in [-0.25, -0.2) is 4.98 Å². The smallest absolute Gasteiger partial charge is 0.226 e. The Labute approximate surface area is 224 Å². The zero-order chi connectivity index (χ0) is 25.4. The van der Waals surface area contributed by atoms with E-state index in [0.29, 0.717) is 28.7 Å². The first kappa shape index (κ1) is 24.0. The summed E-state index contributed by atoms with van der Waals surface area (Å²) < 4.78 is 2.58. The number of carbonyl (C=O) groups is 1. The maximum atomic E-state index is 13.3. The molecule has 1 aliphatic carbocycles. The van der Waals surface area contributed by atoms with Gasteiger partial charge in [0.25, 0.3) is 0 Å². The fourth-order valence-electron chi connectivity index (χ4n) is 5.66. The Bertz CT molecular complexity index is 1440. The second kappa shape index (κ2) is 10.2. The summed E-state index contributed by atoms with van der Waals surface area (Å²) in [4.78, 5) is 20.1. The number of hydrogen-bond acceptors (Lipinski definition) is 5. The Hall–Kier alpha value is -3.39. The molecule has 2 aromatic heterocycles. The molecule has 0 saturated carbocycles. The molecule has 0 spiro atoms. The number of anilines is 1. The first-order valence-electron chi connectivity index (χ1n) is 13.0. The van der Waals surface area contributed by atoms with Gasteiger partial charge in [0.05, 0.1) is 16.4 Å². The molecule has 37 heavy (non-hydrogen) atoms. The highest BCUT2D eigenvalue weighted by atomic mass is 79.9. The molecule has 3 heterocycles. The maximum Gasteiger partial charge on any atom is 0.226 e.